The van der Waals surface area contributed by atoms with E-state index in [0.29, 0.717) is 22.7 Å². The summed E-state index contributed by atoms with van der Waals surface area (Å²) < 4.78 is 0. The molecule has 31 heavy (non-hydrogen) atoms. The van der Waals surface area contributed by atoms with Gasteiger partial charge in [0, 0.05) is 45.1 Å². The molecular formula is C26H23ClN4. The zero-order valence-corrected chi connectivity index (χ0v) is 18.4. The number of aromatic nitrogens is 3. The first-order valence-electron chi connectivity index (χ1n) is 10.7. The number of nitrogens with zero attached hydrogens (tertiary/aromatic N) is 4. The summed E-state index contributed by atoms with van der Waals surface area (Å²) in [7, 11) is 0. The van der Waals surface area contributed by atoms with E-state index in [1.54, 1.807) is 12.4 Å². The summed E-state index contributed by atoms with van der Waals surface area (Å²) in [6, 6.07) is 14.2. The van der Waals surface area contributed by atoms with Crippen molar-refractivity contribution in [3.8, 4) is 28.7 Å². The highest BCUT2D eigenvalue weighted by atomic mass is 35.5. The fourth-order valence-corrected chi connectivity index (χ4v) is 5.58. The second-order valence-electron chi connectivity index (χ2n) is 8.86. The molecule has 5 heteroatoms. The van der Waals surface area contributed by atoms with E-state index in [4.69, 9.17) is 21.6 Å². The average molecular weight is 427 g/mol. The summed E-state index contributed by atoms with van der Waals surface area (Å²) in [5, 5.41) is 10.4. The average Bonchev–Trinajstić information content (AvgIpc) is 2.79. The molecule has 3 aromatic rings. The second kappa shape index (κ2) is 7.59. The van der Waals surface area contributed by atoms with Crippen LogP contribution in [-0.4, -0.2) is 15.0 Å². The third kappa shape index (κ3) is 3.34. The fraction of sp³-hybridized carbons (Fsp3) is 0.308. The highest BCUT2D eigenvalue weighted by Gasteiger charge is 2.46. The van der Waals surface area contributed by atoms with Gasteiger partial charge in [-0.05, 0) is 55.4 Å². The van der Waals surface area contributed by atoms with Crippen molar-refractivity contribution in [2.24, 2.45) is 11.8 Å². The molecule has 2 aliphatic rings. The maximum absolute atomic E-state index is 9.68. The summed E-state index contributed by atoms with van der Waals surface area (Å²) in [4.78, 5) is 14.3. The van der Waals surface area contributed by atoms with E-state index in [9.17, 15) is 5.26 Å². The molecule has 2 heterocycles. The number of hydrogen-bond donors (Lipinski definition) is 0. The molecule has 4 nitrogen and oxygen atoms in total. The number of allylic oxidation sites excluding steroid dienone is 2. The molecule has 0 bridgehead atoms. The molecule has 0 N–H and O–H groups in total. The van der Waals surface area contributed by atoms with E-state index in [2.05, 4.69) is 31.0 Å². The molecule has 5 rings (SSSR count). The van der Waals surface area contributed by atoms with E-state index in [1.807, 2.05) is 36.4 Å². The van der Waals surface area contributed by atoms with Crippen LogP contribution in [0.2, 0.25) is 5.02 Å². The highest BCUT2D eigenvalue weighted by Crippen LogP contribution is 2.51. The van der Waals surface area contributed by atoms with Gasteiger partial charge in [0.05, 0.1) is 17.5 Å². The van der Waals surface area contributed by atoms with Crippen LogP contribution >= 0.6 is 11.6 Å². The van der Waals surface area contributed by atoms with Crippen molar-refractivity contribution in [3.63, 3.8) is 0 Å². The van der Waals surface area contributed by atoms with E-state index in [0.717, 1.165) is 47.4 Å². The van der Waals surface area contributed by atoms with Gasteiger partial charge in [-0.25, -0.2) is 9.97 Å². The van der Waals surface area contributed by atoms with Crippen LogP contribution in [0.15, 0.2) is 60.4 Å². The number of benzene rings is 1. The lowest BCUT2D eigenvalue weighted by atomic mass is 9.58. The summed E-state index contributed by atoms with van der Waals surface area (Å²) in [6.45, 7) is 4.51. The number of pyridine rings is 1. The summed E-state index contributed by atoms with van der Waals surface area (Å²) >= 11 is 6.15. The number of nitriles is 1. The lowest BCUT2D eigenvalue weighted by molar-refractivity contribution is 0.201. The first kappa shape index (κ1) is 19.9. The minimum absolute atomic E-state index is 0.289. The van der Waals surface area contributed by atoms with Crippen LogP contribution in [0, 0.1) is 23.2 Å². The first-order valence-corrected chi connectivity index (χ1v) is 11.1. The van der Waals surface area contributed by atoms with E-state index in [1.165, 1.54) is 5.56 Å². The SMILES string of the molecule is C[C@H]1CC(C#N)=C[C@@]2(C)c3nc(-c4ccncc4)nc(-c4ccc(Cl)cc4)c3CC[C@H]12. The van der Waals surface area contributed by atoms with Crippen molar-refractivity contribution in [2.75, 3.05) is 0 Å². The molecular weight excluding hydrogens is 404 g/mol. The molecule has 154 valence electrons. The Bertz CT molecular complexity index is 1210. The molecule has 1 aromatic carbocycles. The van der Waals surface area contributed by atoms with Gasteiger partial charge in [0.2, 0.25) is 0 Å². The van der Waals surface area contributed by atoms with Gasteiger partial charge in [0.1, 0.15) is 0 Å². The third-order valence-corrected chi connectivity index (χ3v) is 7.15. The summed E-state index contributed by atoms with van der Waals surface area (Å²) in [6.07, 6.45) is 8.55. The van der Waals surface area contributed by atoms with Crippen LogP contribution < -0.4 is 0 Å². The Morgan fingerprint density at radius 3 is 2.52 bits per heavy atom. The third-order valence-electron chi connectivity index (χ3n) is 6.90. The maximum Gasteiger partial charge on any atom is 0.160 e. The van der Waals surface area contributed by atoms with E-state index >= 15 is 0 Å². The second-order valence-corrected chi connectivity index (χ2v) is 9.29. The molecule has 0 amide bonds. The Balaban J connectivity index is 1.79. The largest absolute Gasteiger partial charge is 0.265 e. The Hall–Kier alpha value is -3.03. The van der Waals surface area contributed by atoms with Crippen molar-refractivity contribution in [3.05, 3.63) is 76.7 Å². The molecule has 0 aliphatic heterocycles. The molecule has 0 saturated carbocycles. The van der Waals surface area contributed by atoms with Crippen LogP contribution in [-0.2, 0) is 11.8 Å². The number of halogens is 1. The summed E-state index contributed by atoms with van der Waals surface area (Å²) in [5.41, 5.74) is 5.73. The van der Waals surface area contributed by atoms with Crippen molar-refractivity contribution in [2.45, 2.75) is 38.5 Å². The lowest BCUT2D eigenvalue weighted by Gasteiger charge is -2.46. The normalized spacial score (nSPS) is 24.5. The van der Waals surface area contributed by atoms with Gasteiger partial charge in [-0.2, -0.15) is 5.26 Å². The van der Waals surface area contributed by atoms with Crippen molar-refractivity contribution in [1.82, 2.24) is 15.0 Å². The molecule has 3 atom stereocenters. The number of hydrogen-bond acceptors (Lipinski definition) is 4. The Morgan fingerprint density at radius 1 is 1.06 bits per heavy atom. The summed E-state index contributed by atoms with van der Waals surface area (Å²) in [5.74, 6) is 1.59. The van der Waals surface area contributed by atoms with Gasteiger partial charge in [0.15, 0.2) is 5.82 Å². The van der Waals surface area contributed by atoms with Crippen LogP contribution in [0.1, 0.15) is 37.9 Å². The zero-order chi connectivity index (χ0) is 21.6. The van der Waals surface area contributed by atoms with Gasteiger partial charge in [-0.3, -0.25) is 4.98 Å². The quantitative estimate of drug-likeness (QED) is 0.491. The zero-order valence-electron chi connectivity index (χ0n) is 17.6. The maximum atomic E-state index is 9.68. The van der Waals surface area contributed by atoms with Crippen LogP contribution in [0.4, 0.5) is 0 Å². The van der Waals surface area contributed by atoms with Gasteiger partial charge in [0.25, 0.3) is 0 Å². The van der Waals surface area contributed by atoms with Crippen LogP contribution in [0.3, 0.4) is 0 Å². The standard InChI is InChI=1S/C26H23ClN4/c1-16-13-17(15-28)14-26(2)22(16)8-7-21-23(18-3-5-20(27)6-4-18)30-25(31-24(21)26)19-9-11-29-12-10-19/h3-6,9-12,14,16,22H,7-8,13H2,1-2H3/t16-,22+,26+/m0/s1. The Morgan fingerprint density at radius 2 is 1.81 bits per heavy atom. The fourth-order valence-electron chi connectivity index (χ4n) is 5.46. The van der Waals surface area contributed by atoms with Gasteiger partial charge >= 0.3 is 0 Å². The minimum atomic E-state index is -0.289. The van der Waals surface area contributed by atoms with Crippen LogP contribution in [0.25, 0.3) is 22.6 Å². The van der Waals surface area contributed by atoms with E-state index in [-0.39, 0.29) is 5.41 Å². The lowest BCUT2D eigenvalue weighted by Crippen LogP contribution is -2.43. The Labute approximate surface area is 187 Å². The van der Waals surface area contributed by atoms with Gasteiger partial charge in [-0.15, -0.1) is 0 Å². The molecule has 0 radical (unpaired) electrons. The predicted octanol–water partition coefficient (Wildman–Crippen LogP) is 6.17. The number of rotatable bonds is 2. The monoisotopic (exact) mass is 426 g/mol. The van der Waals surface area contributed by atoms with Gasteiger partial charge in [-0.1, -0.05) is 43.7 Å². The van der Waals surface area contributed by atoms with Crippen molar-refractivity contribution >= 4 is 11.6 Å². The predicted molar refractivity (Wildman–Crippen MR) is 122 cm³/mol. The minimum Gasteiger partial charge on any atom is -0.265 e. The molecule has 0 spiro atoms. The molecule has 0 unspecified atom stereocenters. The van der Waals surface area contributed by atoms with Crippen molar-refractivity contribution in [1.29, 1.82) is 5.26 Å². The van der Waals surface area contributed by atoms with Gasteiger partial charge < -0.3 is 0 Å². The van der Waals surface area contributed by atoms with Crippen molar-refractivity contribution < 1.29 is 0 Å². The first-order chi connectivity index (χ1) is 15.0. The molecule has 0 saturated heterocycles. The van der Waals surface area contributed by atoms with Crippen LogP contribution in [0.5, 0.6) is 0 Å². The topological polar surface area (TPSA) is 62.5 Å². The van der Waals surface area contributed by atoms with E-state index < -0.39 is 0 Å². The Kier molecular flexibility index (Phi) is 4.87. The molecule has 2 aromatic heterocycles. The number of fused-ring (bicyclic) bond motifs is 3. The smallest absolute Gasteiger partial charge is 0.160 e. The molecule has 2 aliphatic carbocycles. The highest BCUT2D eigenvalue weighted by molar-refractivity contribution is 6.30. The molecule has 0 fully saturated rings.